The molecule has 0 spiro atoms. The van der Waals surface area contributed by atoms with Crippen molar-refractivity contribution in [1.82, 2.24) is 14.5 Å². The number of ether oxygens (including phenoxy) is 2. The van der Waals surface area contributed by atoms with Gasteiger partial charge in [0, 0.05) is 12.6 Å². The minimum absolute atomic E-state index is 0.0566. The second kappa shape index (κ2) is 8.46. The van der Waals surface area contributed by atoms with Crippen LogP contribution in [0.1, 0.15) is 18.5 Å². The molecule has 1 aliphatic heterocycles. The maximum Gasteiger partial charge on any atom is 0.233 e. The Labute approximate surface area is 154 Å². The van der Waals surface area contributed by atoms with Crippen LogP contribution in [-0.4, -0.2) is 54.5 Å². The van der Waals surface area contributed by atoms with E-state index >= 15 is 0 Å². The second-order valence-electron chi connectivity index (χ2n) is 6.23. The van der Waals surface area contributed by atoms with E-state index in [4.69, 9.17) is 9.47 Å². The molecule has 0 N–H and O–H groups in total. The van der Waals surface area contributed by atoms with Crippen molar-refractivity contribution in [2.24, 2.45) is 0 Å². The molecule has 1 aliphatic rings. The fraction of sp³-hybridized carbons (Fsp3) is 0.444. The van der Waals surface area contributed by atoms with E-state index < -0.39 is 10.0 Å². The first kappa shape index (κ1) is 18.6. The highest BCUT2D eigenvalue weighted by Gasteiger charge is 2.30. The third kappa shape index (κ3) is 5.15. The van der Waals surface area contributed by atoms with Gasteiger partial charge in [0.05, 0.1) is 18.0 Å². The number of para-hydroxylation sites is 1. The molecule has 140 valence electrons. The molecule has 1 aromatic carbocycles. The number of sulfonamides is 1. The predicted molar refractivity (Wildman–Crippen MR) is 97.7 cm³/mol. The van der Waals surface area contributed by atoms with Crippen LogP contribution in [0.4, 0.5) is 0 Å². The van der Waals surface area contributed by atoms with Gasteiger partial charge in [-0.05, 0) is 38.0 Å². The van der Waals surface area contributed by atoms with Crippen LogP contribution >= 0.6 is 0 Å². The molecular formula is C18H23N3O4S. The summed E-state index contributed by atoms with van der Waals surface area (Å²) in [5, 5.41) is 7.94. The summed E-state index contributed by atoms with van der Waals surface area (Å²) >= 11 is 0. The summed E-state index contributed by atoms with van der Waals surface area (Å²) in [5.41, 5.74) is 0.809. The minimum atomic E-state index is -3.39. The number of hydrogen-bond acceptors (Lipinski definition) is 6. The number of benzene rings is 1. The van der Waals surface area contributed by atoms with Gasteiger partial charge in [0.2, 0.25) is 15.9 Å². The van der Waals surface area contributed by atoms with Crippen molar-refractivity contribution in [3.05, 3.63) is 48.2 Å². The fourth-order valence-corrected chi connectivity index (χ4v) is 4.14. The molecule has 1 saturated heterocycles. The SMILES string of the molecule is Cc1ccc(O[C@H]2CCCN(S(=O)(=O)CCOc3ccccc3)C2)nn1. The van der Waals surface area contributed by atoms with Crippen LogP contribution in [-0.2, 0) is 10.0 Å². The molecule has 0 aliphatic carbocycles. The van der Waals surface area contributed by atoms with Gasteiger partial charge >= 0.3 is 0 Å². The van der Waals surface area contributed by atoms with Gasteiger partial charge in [-0.15, -0.1) is 5.10 Å². The topological polar surface area (TPSA) is 81.6 Å². The summed E-state index contributed by atoms with van der Waals surface area (Å²) in [5.74, 6) is 1.03. The van der Waals surface area contributed by atoms with Crippen molar-refractivity contribution < 1.29 is 17.9 Å². The summed E-state index contributed by atoms with van der Waals surface area (Å²) in [7, 11) is -3.39. The van der Waals surface area contributed by atoms with Crippen LogP contribution in [0.3, 0.4) is 0 Å². The molecule has 26 heavy (non-hydrogen) atoms. The first-order valence-electron chi connectivity index (χ1n) is 8.65. The van der Waals surface area contributed by atoms with E-state index in [-0.39, 0.29) is 18.5 Å². The zero-order valence-corrected chi connectivity index (χ0v) is 15.6. The highest BCUT2D eigenvalue weighted by atomic mass is 32.2. The predicted octanol–water partition coefficient (Wildman–Crippen LogP) is 2.04. The lowest BCUT2D eigenvalue weighted by atomic mass is 10.1. The summed E-state index contributed by atoms with van der Waals surface area (Å²) in [6.45, 7) is 2.80. The molecule has 0 amide bonds. The Morgan fingerprint density at radius 3 is 2.69 bits per heavy atom. The molecule has 2 heterocycles. The summed E-state index contributed by atoms with van der Waals surface area (Å²) in [4.78, 5) is 0. The highest BCUT2D eigenvalue weighted by Crippen LogP contribution is 2.19. The molecule has 7 nitrogen and oxygen atoms in total. The third-order valence-electron chi connectivity index (χ3n) is 4.15. The summed E-state index contributed by atoms with van der Waals surface area (Å²) in [6, 6.07) is 12.8. The lowest BCUT2D eigenvalue weighted by molar-refractivity contribution is 0.123. The van der Waals surface area contributed by atoms with E-state index in [0.29, 0.717) is 24.7 Å². The molecule has 0 radical (unpaired) electrons. The van der Waals surface area contributed by atoms with Gasteiger partial charge in [0.15, 0.2) is 0 Å². The molecule has 1 atom stereocenters. The largest absolute Gasteiger partial charge is 0.492 e. The summed E-state index contributed by atoms with van der Waals surface area (Å²) in [6.07, 6.45) is 1.33. The van der Waals surface area contributed by atoms with Gasteiger partial charge in [0.25, 0.3) is 0 Å². The normalized spacial score (nSPS) is 18.4. The van der Waals surface area contributed by atoms with E-state index in [1.54, 1.807) is 18.2 Å². The lowest BCUT2D eigenvalue weighted by Crippen LogP contribution is -2.45. The Hall–Kier alpha value is -2.19. The maximum atomic E-state index is 12.6. The van der Waals surface area contributed by atoms with Gasteiger partial charge in [-0.25, -0.2) is 8.42 Å². The van der Waals surface area contributed by atoms with Crippen LogP contribution in [0, 0.1) is 6.92 Å². The lowest BCUT2D eigenvalue weighted by Gasteiger charge is -2.31. The standard InChI is InChI=1S/C18H23N3O4S/c1-15-9-10-18(20-19-15)25-17-8-5-11-21(14-17)26(22,23)13-12-24-16-6-3-2-4-7-16/h2-4,6-7,9-10,17H,5,8,11-14H2,1H3/t17-/m0/s1. The molecule has 8 heteroatoms. The molecule has 0 saturated carbocycles. The van der Waals surface area contributed by atoms with Crippen molar-refractivity contribution in [3.8, 4) is 11.6 Å². The second-order valence-corrected chi connectivity index (χ2v) is 8.32. The zero-order valence-electron chi connectivity index (χ0n) is 14.7. The van der Waals surface area contributed by atoms with E-state index in [9.17, 15) is 8.42 Å². The van der Waals surface area contributed by atoms with Crippen molar-refractivity contribution in [1.29, 1.82) is 0 Å². The molecule has 0 unspecified atom stereocenters. The van der Waals surface area contributed by atoms with Crippen LogP contribution in [0.25, 0.3) is 0 Å². The number of nitrogens with zero attached hydrogens (tertiary/aromatic N) is 3. The monoisotopic (exact) mass is 377 g/mol. The molecule has 0 bridgehead atoms. The first-order chi connectivity index (χ1) is 12.5. The average molecular weight is 377 g/mol. The van der Waals surface area contributed by atoms with Gasteiger partial charge in [0.1, 0.15) is 18.5 Å². The Balaban J connectivity index is 1.52. The average Bonchev–Trinajstić information content (AvgIpc) is 2.65. The van der Waals surface area contributed by atoms with E-state index in [1.807, 2.05) is 31.2 Å². The van der Waals surface area contributed by atoms with E-state index in [2.05, 4.69) is 10.2 Å². The molecular weight excluding hydrogens is 354 g/mol. The van der Waals surface area contributed by atoms with Crippen molar-refractivity contribution in [3.63, 3.8) is 0 Å². The maximum absolute atomic E-state index is 12.6. The van der Waals surface area contributed by atoms with Crippen LogP contribution in [0.5, 0.6) is 11.6 Å². The Morgan fingerprint density at radius 2 is 1.96 bits per heavy atom. The number of hydrogen-bond donors (Lipinski definition) is 0. The Morgan fingerprint density at radius 1 is 1.15 bits per heavy atom. The highest BCUT2D eigenvalue weighted by molar-refractivity contribution is 7.89. The number of piperidine rings is 1. The minimum Gasteiger partial charge on any atom is -0.492 e. The van der Waals surface area contributed by atoms with Gasteiger partial charge in [-0.2, -0.15) is 9.40 Å². The van der Waals surface area contributed by atoms with E-state index in [0.717, 1.165) is 18.5 Å². The van der Waals surface area contributed by atoms with Crippen molar-refractivity contribution in [2.45, 2.75) is 25.9 Å². The smallest absolute Gasteiger partial charge is 0.233 e. The molecule has 3 rings (SSSR count). The Bertz CT molecular complexity index is 797. The summed E-state index contributed by atoms with van der Waals surface area (Å²) < 4.78 is 38.0. The molecule has 1 aromatic heterocycles. The number of aromatic nitrogens is 2. The zero-order chi connectivity index (χ0) is 18.4. The van der Waals surface area contributed by atoms with Crippen LogP contribution in [0.2, 0.25) is 0 Å². The third-order valence-corrected chi connectivity index (χ3v) is 5.95. The molecule has 2 aromatic rings. The van der Waals surface area contributed by atoms with E-state index in [1.165, 1.54) is 4.31 Å². The molecule has 1 fully saturated rings. The van der Waals surface area contributed by atoms with Gasteiger partial charge < -0.3 is 9.47 Å². The van der Waals surface area contributed by atoms with Gasteiger partial charge in [-0.1, -0.05) is 18.2 Å². The quantitative estimate of drug-likeness (QED) is 0.734. The number of aryl methyl sites for hydroxylation is 1. The van der Waals surface area contributed by atoms with Crippen LogP contribution in [0.15, 0.2) is 42.5 Å². The Kier molecular flexibility index (Phi) is 6.05. The van der Waals surface area contributed by atoms with Gasteiger partial charge in [-0.3, -0.25) is 0 Å². The number of rotatable bonds is 7. The first-order valence-corrected chi connectivity index (χ1v) is 10.3. The fourth-order valence-electron chi connectivity index (χ4n) is 2.78. The van der Waals surface area contributed by atoms with Crippen molar-refractivity contribution in [2.75, 3.05) is 25.4 Å². The van der Waals surface area contributed by atoms with Crippen molar-refractivity contribution >= 4 is 10.0 Å². The van der Waals surface area contributed by atoms with Crippen LogP contribution < -0.4 is 9.47 Å².